The number of ether oxygens (including phenoxy) is 1. The molecule has 3 aromatic rings. The summed E-state index contributed by atoms with van der Waals surface area (Å²) in [6.07, 6.45) is 1.85. The van der Waals surface area contributed by atoms with Gasteiger partial charge in [0.15, 0.2) is 0 Å². The number of aromatic nitrogens is 2. The summed E-state index contributed by atoms with van der Waals surface area (Å²) in [6, 6.07) is 9.19. The minimum absolute atomic E-state index is 0.197. The molecule has 2 aromatic heterocycles. The first-order valence-electron chi connectivity index (χ1n) is 7.10. The van der Waals surface area contributed by atoms with Gasteiger partial charge in [0, 0.05) is 16.4 Å². The number of amides is 1. The number of imidazole rings is 1. The van der Waals surface area contributed by atoms with Crippen LogP contribution in [0.4, 0.5) is 5.69 Å². The highest BCUT2D eigenvalue weighted by Crippen LogP contribution is 2.22. The average molecular weight is 374 g/mol. The monoisotopic (exact) mass is 373 g/mol. The molecule has 0 unspecified atom stereocenters. The highest BCUT2D eigenvalue weighted by molar-refractivity contribution is 9.10. The number of anilines is 1. The molecule has 118 valence electrons. The first-order chi connectivity index (χ1) is 11.0. The van der Waals surface area contributed by atoms with Crippen molar-refractivity contribution >= 4 is 33.2 Å². The minimum atomic E-state index is -0.197. The minimum Gasteiger partial charge on any atom is -0.497 e. The SMILES string of the molecule is COc1ccc(NC(=O)c2c(C)nc3c(C)cc(Br)cn23)cc1. The summed E-state index contributed by atoms with van der Waals surface area (Å²) >= 11 is 3.46. The van der Waals surface area contributed by atoms with Crippen LogP contribution >= 0.6 is 15.9 Å². The van der Waals surface area contributed by atoms with E-state index in [0.29, 0.717) is 17.1 Å². The van der Waals surface area contributed by atoms with Gasteiger partial charge in [-0.15, -0.1) is 0 Å². The number of pyridine rings is 1. The largest absolute Gasteiger partial charge is 0.497 e. The normalized spacial score (nSPS) is 10.8. The van der Waals surface area contributed by atoms with Crippen molar-refractivity contribution in [3.8, 4) is 5.75 Å². The number of fused-ring (bicyclic) bond motifs is 1. The van der Waals surface area contributed by atoms with Gasteiger partial charge in [-0.05, 0) is 65.7 Å². The third-order valence-corrected chi connectivity index (χ3v) is 4.04. The van der Waals surface area contributed by atoms with Gasteiger partial charge in [0.1, 0.15) is 17.1 Å². The van der Waals surface area contributed by atoms with Crippen LogP contribution in [0.2, 0.25) is 0 Å². The molecule has 0 radical (unpaired) electrons. The van der Waals surface area contributed by atoms with Crippen LogP contribution in [-0.4, -0.2) is 22.4 Å². The number of hydrogen-bond donors (Lipinski definition) is 1. The molecule has 3 rings (SSSR count). The van der Waals surface area contributed by atoms with Gasteiger partial charge in [0.25, 0.3) is 5.91 Å². The second-order valence-corrected chi connectivity index (χ2v) is 6.18. The van der Waals surface area contributed by atoms with Crippen LogP contribution in [0.1, 0.15) is 21.7 Å². The summed E-state index contributed by atoms with van der Waals surface area (Å²) in [7, 11) is 1.61. The molecule has 0 aliphatic rings. The lowest BCUT2D eigenvalue weighted by molar-refractivity contribution is 0.102. The number of nitrogens with zero attached hydrogens (tertiary/aromatic N) is 2. The van der Waals surface area contributed by atoms with Gasteiger partial charge in [0.2, 0.25) is 0 Å². The fourth-order valence-corrected chi connectivity index (χ4v) is 3.07. The van der Waals surface area contributed by atoms with E-state index in [1.165, 1.54) is 0 Å². The van der Waals surface area contributed by atoms with Crippen molar-refractivity contribution in [1.29, 1.82) is 0 Å². The zero-order chi connectivity index (χ0) is 16.6. The molecular weight excluding hydrogens is 358 g/mol. The van der Waals surface area contributed by atoms with Crippen molar-refractivity contribution in [2.75, 3.05) is 12.4 Å². The molecule has 5 nitrogen and oxygen atoms in total. The third kappa shape index (κ3) is 2.94. The van der Waals surface area contributed by atoms with Gasteiger partial charge in [0.05, 0.1) is 12.8 Å². The maximum absolute atomic E-state index is 12.7. The number of carbonyl (C=O) groups is 1. The Morgan fingerprint density at radius 3 is 2.61 bits per heavy atom. The standard InChI is InChI=1S/C17H16BrN3O2/c1-10-8-12(18)9-21-15(11(2)19-16(10)21)17(22)20-13-4-6-14(23-3)7-5-13/h4-9H,1-3H3,(H,20,22). The molecule has 0 aliphatic heterocycles. The Morgan fingerprint density at radius 1 is 1.26 bits per heavy atom. The smallest absolute Gasteiger partial charge is 0.274 e. The van der Waals surface area contributed by atoms with E-state index < -0.39 is 0 Å². The van der Waals surface area contributed by atoms with Crippen molar-refractivity contribution in [2.45, 2.75) is 13.8 Å². The summed E-state index contributed by atoms with van der Waals surface area (Å²) in [6.45, 7) is 3.81. The third-order valence-electron chi connectivity index (χ3n) is 3.61. The second-order valence-electron chi connectivity index (χ2n) is 5.26. The van der Waals surface area contributed by atoms with E-state index in [1.807, 2.05) is 30.5 Å². The Balaban J connectivity index is 1.98. The van der Waals surface area contributed by atoms with E-state index in [9.17, 15) is 4.79 Å². The zero-order valence-electron chi connectivity index (χ0n) is 13.1. The quantitative estimate of drug-likeness (QED) is 0.755. The van der Waals surface area contributed by atoms with Crippen molar-refractivity contribution in [3.05, 3.63) is 58.0 Å². The van der Waals surface area contributed by atoms with E-state index >= 15 is 0 Å². The summed E-state index contributed by atoms with van der Waals surface area (Å²) in [5, 5.41) is 2.90. The van der Waals surface area contributed by atoms with Crippen LogP contribution < -0.4 is 10.1 Å². The Morgan fingerprint density at radius 2 is 1.96 bits per heavy atom. The van der Waals surface area contributed by atoms with Crippen LogP contribution in [0, 0.1) is 13.8 Å². The number of carbonyl (C=O) groups excluding carboxylic acids is 1. The van der Waals surface area contributed by atoms with E-state index in [0.717, 1.165) is 21.4 Å². The van der Waals surface area contributed by atoms with Crippen LogP contribution in [-0.2, 0) is 0 Å². The molecule has 6 heteroatoms. The Kier molecular flexibility index (Phi) is 4.09. The second kappa shape index (κ2) is 6.04. The summed E-state index contributed by atoms with van der Waals surface area (Å²) in [5.74, 6) is 0.547. The number of hydrogen-bond acceptors (Lipinski definition) is 3. The highest BCUT2D eigenvalue weighted by Gasteiger charge is 2.18. The molecule has 2 heterocycles. The fraction of sp³-hybridized carbons (Fsp3) is 0.176. The van der Waals surface area contributed by atoms with Gasteiger partial charge in [-0.25, -0.2) is 4.98 Å². The van der Waals surface area contributed by atoms with Crippen molar-refractivity contribution in [2.24, 2.45) is 0 Å². The molecular formula is C17H16BrN3O2. The molecule has 0 saturated carbocycles. The Hall–Kier alpha value is -2.34. The van der Waals surface area contributed by atoms with Crippen molar-refractivity contribution in [1.82, 2.24) is 9.38 Å². The first kappa shape index (κ1) is 15.6. The Labute approximate surface area is 142 Å². The number of methoxy groups -OCH3 is 1. The lowest BCUT2D eigenvalue weighted by Crippen LogP contribution is -2.15. The molecule has 1 aromatic carbocycles. The number of halogens is 1. The van der Waals surface area contributed by atoms with Gasteiger partial charge >= 0.3 is 0 Å². The molecule has 0 atom stereocenters. The number of benzene rings is 1. The van der Waals surface area contributed by atoms with Gasteiger partial charge in [-0.3, -0.25) is 9.20 Å². The fourth-order valence-electron chi connectivity index (χ4n) is 2.52. The zero-order valence-corrected chi connectivity index (χ0v) is 14.6. The Bertz CT molecular complexity index is 885. The molecule has 23 heavy (non-hydrogen) atoms. The van der Waals surface area contributed by atoms with E-state index in [1.54, 1.807) is 31.4 Å². The summed E-state index contributed by atoms with van der Waals surface area (Å²) in [5.41, 5.74) is 3.71. The number of aryl methyl sites for hydroxylation is 2. The predicted molar refractivity (Wildman–Crippen MR) is 93.3 cm³/mol. The van der Waals surface area contributed by atoms with Gasteiger partial charge < -0.3 is 10.1 Å². The summed E-state index contributed by atoms with van der Waals surface area (Å²) < 4.78 is 7.83. The van der Waals surface area contributed by atoms with Crippen LogP contribution in [0.25, 0.3) is 5.65 Å². The summed E-state index contributed by atoms with van der Waals surface area (Å²) in [4.78, 5) is 17.2. The van der Waals surface area contributed by atoms with Crippen molar-refractivity contribution < 1.29 is 9.53 Å². The van der Waals surface area contributed by atoms with Crippen LogP contribution in [0.15, 0.2) is 41.0 Å². The average Bonchev–Trinajstić information content (AvgIpc) is 2.84. The molecule has 0 bridgehead atoms. The van der Waals surface area contributed by atoms with Gasteiger partial charge in [-0.2, -0.15) is 0 Å². The maximum Gasteiger partial charge on any atom is 0.274 e. The highest BCUT2D eigenvalue weighted by atomic mass is 79.9. The molecule has 0 fully saturated rings. The first-order valence-corrected chi connectivity index (χ1v) is 7.89. The molecule has 0 saturated heterocycles. The van der Waals surface area contributed by atoms with Crippen molar-refractivity contribution in [3.63, 3.8) is 0 Å². The van der Waals surface area contributed by atoms with E-state index in [-0.39, 0.29) is 5.91 Å². The van der Waals surface area contributed by atoms with E-state index in [4.69, 9.17) is 4.74 Å². The maximum atomic E-state index is 12.7. The lowest BCUT2D eigenvalue weighted by Gasteiger charge is -2.08. The van der Waals surface area contributed by atoms with Crippen LogP contribution in [0.3, 0.4) is 0 Å². The lowest BCUT2D eigenvalue weighted by atomic mass is 10.2. The van der Waals surface area contributed by atoms with Crippen LogP contribution in [0.5, 0.6) is 5.75 Å². The topological polar surface area (TPSA) is 55.6 Å². The molecule has 1 N–H and O–H groups in total. The van der Waals surface area contributed by atoms with E-state index in [2.05, 4.69) is 26.2 Å². The molecule has 0 aliphatic carbocycles. The molecule has 1 amide bonds. The number of nitrogens with one attached hydrogen (secondary N) is 1. The van der Waals surface area contributed by atoms with Gasteiger partial charge in [-0.1, -0.05) is 0 Å². The molecule has 0 spiro atoms. The predicted octanol–water partition coefficient (Wildman–Crippen LogP) is 3.97. The number of rotatable bonds is 3.